The van der Waals surface area contributed by atoms with Gasteiger partial charge in [-0.3, -0.25) is 9.58 Å². The van der Waals surface area contributed by atoms with Gasteiger partial charge < -0.3 is 5.11 Å². The summed E-state index contributed by atoms with van der Waals surface area (Å²) in [6.07, 6.45) is 8.19. The fraction of sp³-hybridized carbons (Fsp3) is 0.421. The van der Waals surface area contributed by atoms with Gasteiger partial charge in [-0.15, -0.1) is 11.3 Å². The molecule has 0 bridgehead atoms. The number of aromatic nitrogens is 4. The molecule has 3 aromatic rings. The molecule has 1 N–H and O–H groups in total. The van der Waals surface area contributed by atoms with Gasteiger partial charge in [0, 0.05) is 43.2 Å². The van der Waals surface area contributed by atoms with E-state index < -0.39 is 0 Å². The van der Waals surface area contributed by atoms with Gasteiger partial charge in [-0.2, -0.15) is 5.10 Å². The highest BCUT2D eigenvalue weighted by molar-refractivity contribution is 7.13. The molecule has 1 aliphatic rings. The van der Waals surface area contributed by atoms with Crippen molar-refractivity contribution in [2.75, 3.05) is 19.7 Å². The van der Waals surface area contributed by atoms with Gasteiger partial charge >= 0.3 is 0 Å². The average Bonchev–Trinajstić information content (AvgIpc) is 3.35. The van der Waals surface area contributed by atoms with Gasteiger partial charge in [-0.25, -0.2) is 9.97 Å². The van der Waals surface area contributed by atoms with Crippen LogP contribution in [-0.2, 0) is 13.1 Å². The number of aliphatic hydroxyl groups excluding tert-OH is 1. The molecule has 0 spiro atoms. The zero-order valence-electron chi connectivity index (χ0n) is 14.7. The molecule has 0 saturated carbocycles. The van der Waals surface area contributed by atoms with E-state index in [4.69, 9.17) is 5.11 Å². The minimum atomic E-state index is 0.124. The number of hydrogen-bond donors (Lipinski definition) is 1. The molecule has 1 fully saturated rings. The number of likely N-dealkylation sites (tertiary alicyclic amines) is 1. The molecule has 0 aliphatic carbocycles. The van der Waals surface area contributed by atoms with Gasteiger partial charge in [0.15, 0.2) is 5.82 Å². The van der Waals surface area contributed by atoms with Crippen LogP contribution in [0, 0.1) is 0 Å². The lowest BCUT2D eigenvalue weighted by molar-refractivity contribution is 0.197. The van der Waals surface area contributed by atoms with Crippen molar-refractivity contribution in [1.29, 1.82) is 0 Å². The molecule has 0 amide bonds. The van der Waals surface area contributed by atoms with Crippen molar-refractivity contribution in [3.05, 3.63) is 53.4 Å². The minimum absolute atomic E-state index is 0.124. The molecule has 4 rings (SSSR count). The Hall–Kier alpha value is -2.09. The van der Waals surface area contributed by atoms with E-state index in [1.54, 1.807) is 11.3 Å². The lowest BCUT2D eigenvalue weighted by Gasteiger charge is -2.31. The maximum Gasteiger partial charge on any atom is 0.169 e. The van der Waals surface area contributed by atoms with Crippen LogP contribution >= 0.6 is 11.3 Å². The van der Waals surface area contributed by atoms with Crippen LogP contribution in [0.1, 0.15) is 30.0 Å². The van der Waals surface area contributed by atoms with Crippen LogP contribution in [0.5, 0.6) is 0 Å². The van der Waals surface area contributed by atoms with Crippen molar-refractivity contribution in [2.45, 2.75) is 31.8 Å². The topological polar surface area (TPSA) is 67.1 Å². The van der Waals surface area contributed by atoms with Crippen molar-refractivity contribution in [1.82, 2.24) is 24.6 Å². The molecule has 136 valence electrons. The third kappa shape index (κ3) is 4.00. The number of aliphatic hydroxyl groups is 1. The summed E-state index contributed by atoms with van der Waals surface area (Å²) in [6, 6.07) is 6.15. The molecule has 1 atom stereocenters. The van der Waals surface area contributed by atoms with Crippen LogP contribution in [-0.4, -0.2) is 49.5 Å². The summed E-state index contributed by atoms with van der Waals surface area (Å²) in [6.45, 7) is 3.66. The lowest BCUT2D eigenvalue weighted by atomic mass is 9.95. The fourth-order valence-corrected chi connectivity index (χ4v) is 4.16. The first kappa shape index (κ1) is 17.3. The predicted molar refractivity (Wildman–Crippen MR) is 102 cm³/mol. The third-order valence-electron chi connectivity index (χ3n) is 4.77. The van der Waals surface area contributed by atoms with Gasteiger partial charge in [0.25, 0.3) is 0 Å². The smallest absolute Gasteiger partial charge is 0.169 e. The van der Waals surface area contributed by atoms with Crippen molar-refractivity contribution in [3.8, 4) is 10.7 Å². The Labute approximate surface area is 157 Å². The summed E-state index contributed by atoms with van der Waals surface area (Å²) in [4.78, 5) is 12.6. The van der Waals surface area contributed by atoms with Gasteiger partial charge in [0.05, 0.1) is 23.7 Å². The van der Waals surface area contributed by atoms with Crippen LogP contribution in [0.15, 0.2) is 42.2 Å². The van der Waals surface area contributed by atoms with Crippen LogP contribution in [0.3, 0.4) is 0 Å². The zero-order valence-corrected chi connectivity index (χ0v) is 15.5. The summed E-state index contributed by atoms with van der Waals surface area (Å²) in [5.74, 6) is 1.25. The van der Waals surface area contributed by atoms with Crippen LogP contribution < -0.4 is 0 Å². The largest absolute Gasteiger partial charge is 0.394 e. The van der Waals surface area contributed by atoms with Crippen LogP contribution in [0.25, 0.3) is 10.7 Å². The van der Waals surface area contributed by atoms with Crippen molar-refractivity contribution in [2.24, 2.45) is 0 Å². The van der Waals surface area contributed by atoms with Crippen molar-refractivity contribution < 1.29 is 5.11 Å². The highest BCUT2D eigenvalue weighted by Gasteiger charge is 2.23. The van der Waals surface area contributed by atoms with E-state index >= 15 is 0 Å². The van der Waals surface area contributed by atoms with Crippen LogP contribution in [0.4, 0.5) is 0 Å². The van der Waals surface area contributed by atoms with Gasteiger partial charge in [0.1, 0.15) is 0 Å². The van der Waals surface area contributed by atoms with E-state index in [-0.39, 0.29) is 6.61 Å². The first-order valence-electron chi connectivity index (χ1n) is 9.03. The second kappa shape index (κ2) is 8.07. The molecule has 1 aliphatic heterocycles. The van der Waals surface area contributed by atoms with Gasteiger partial charge in [-0.1, -0.05) is 6.07 Å². The highest BCUT2D eigenvalue weighted by Crippen LogP contribution is 2.27. The SMILES string of the molecule is OCCn1ccc([C@H]2CCCN(Cc3cnc(-c4cccs4)nc3)C2)n1. The molecule has 26 heavy (non-hydrogen) atoms. The number of rotatable bonds is 6. The molecule has 0 radical (unpaired) electrons. The second-order valence-corrected chi connectivity index (χ2v) is 7.64. The second-order valence-electron chi connectivity index (χ2n) is 6.69. The molecule has 1 saturated heterocycles. The van der Waals surface area contributed by atoms with E-state index in [0.29, 0.717) is 12.5 Å². The number of piperidine rings is 1. The number of nitrogens with zero attached hydrogens (tertiary/aromatic N) is 5. The van der Waals surface area contributed by atoms with Crippen molar-refractivity contribution >= 4 is 11.3 Å². The first-order valence-corrected chi connectivity index (χ1v) is 9.91. The maximum atomic E-state index is 9.05. The Balaban J connectivity index is 1.38. The molecular weight excluding hydrogens is 346 g/mol. The first-order chi connectivity index (χ1) is 12.8. The molecule has 0 aromatic carbocycles. The quantitative estimate of drug-likeness (QED) is 0.724. The molecule has 0 unspecified atom stereocenters. The predicted octanol–water partition coefficient (Wildman–Crippen LogP) is 2.77. The fourth-order valence-electron chi connectivity index (χ4n) is 3.49. The molecule has 3 aromatic heterocycles. The standard InChI is InChI=1S/C19H23N5OS/c25-9-8-24-7-5-17(22-24)16-3-1-6-23(14-16)13-15-11-20-19(21-12-15)18-4-2-10-26-18/h2,4-5,7,10-12,16,25H,1,3,6,8-9,13-14H2/t16-/m0/s1. The molecule has 7 heteroatoms. The van der Waals surface area contributed by atoms with E-state index in [1.165, 1.54) is 12.8 Å². The van der Waals surface area contributed by atoms with Gasteiger partial charge in [0.2, 0.25) is 0 Å². The average molecular weight is 369 g/mol. The van der Waals surface area contributed by atoms with Gasteiger partial charge in [-0.05, 0) is 36.9 Å². The highest BCUT2D eigenvalue weighted by atomic mass is 32.1. The normalized spacial score (nSPS) is 18.3. The summed E-state index contributed by atoms with van der Waals surface area (Å²) >= 11 is 1.66. The van der Waals surface area contributed by atoms with Crippen molar-refractivity contribution in [3.63, 3.8) is 0 Å². The number of thiophene rings is 1. The molecular formula is C19H23N5OS. The Bertz CT molecular complexity index is 815. The summed E-state index contributed by atoms with van der Waals surface area (Å²) in [7, 11) is 0. The van der Waals surface area contributed by atoms with E-state index in [2.05, 4.69) is 26.0 Å². The van der Waals surface area contributed by atoms with E-state index in [0.717, 1.165) is 41.6 Å². The molecule has 4 heterocycles. The minimum Gasteiger partial charge on any atom is -0.394 e. The summed E-state index contributed by atoms with van der Waals surface area (Å²) < 4.78 is 1.82. The Morgan fingerprint density at radius 1 is 1.23 bits per heavy atom. The van der Waals surface area contributed by atoms with Crippen LogP contribution in [0.2, 0.25) is 0 Å². The number of hydrogen-bond acceptors (Lipinski definition) is 6. The Morgan fingerprint density at radius 3 is 2.88 bits per heavy atom. The van der Waals surface area contributed by atoms with E-state index in [9.17, 15) is 0 Å². The Kier molecular flexibility index (Phi) is 5.38. The monoisotopic (exact) mass is 369 g/mol. The molecule has 6 nitrogen and oxygen atoms in total. The van der Waals surface area contributed by atoms with E-state index in [1.807, 2.05) is 40.8 Å². The summed E-state index contributed by atoms with van der Waals surface area (Å²) in [5.41, 5.74) is 2.28. The lowest BCUT2D eigenvalue weighted by Crippen LogP contribution is -2.34. The Morgan fingerprint density at radius 2 is 2.12 bits per heavy atom. The maximum absolute atomic E-state index is 9.05. The zero-order chi connectivity index (χ0) is 17.8. The summed E-state index contributed by atoms with van der Waals surface area (Å²) in [5, 5.41) is 15.7. The third-order valence-corrected chi connectivity index (χ3v) is 5.63.